The van der Waals surface area contributed by atoms with Crippen molar-refractivity contribution in [2.45, 2.75) is 32.0 Å². The lowest BCUT2D eigenvalue weighted by molar-refractivity contribution is -0.140. The minimum Gasteiger partial charge on any atom is -0.396 e. The van der Waals surface area contributed by atoms with Gasteiger partial charge in [0.2, 0.25) is 0 Å². The van der Waals surface area contributed by atoms with Crippen LogP contribution >= 0.6 is 0 Å². The highest BCUT2D eigenvalue weighted by Crippen LogP contribution is 2.31. The fraction of sp³-hybridized carbons (Fsp3) is 0.462. The zero-order chi connectivity index (χ0) is 15.6. The molecule has 20 heavy (non-hydrogen) atoms. The van der Waals surface area contributed by atoms with Gasteiger partial charge >= 0.3 is 6.18 Å². The van der Waals surface area contributed by atoms with Crippen LogP contribution in [-0.4, -0.2) is 23.2 Å². The minimum atomic E-state index is -4.86. The molecule has 2 N–H and O–H groups in total. The summed E-state index contributed by atoms with van der Waals surface area (Å²) in [5.74, 6) is -2.18. The van der Waals surface area contributed by atoms with Crippen molar-refractivity contribution < 1.29 is 27.5 Å². The van der Waals surface area contributed by atoms with Gasteiger partial charge in [0.15, 0.2) is 0 Å². The summed E-state index contributed by atoms with van der Waals surface area (Å²) >= 11 is 0. The van der Waals surface area contributed by atoms with E-state index in [-0.39, 0.29) is 18.6 Å². The number of halogens is 4. The molecule has 1 amide bonds. The van der Waals surface area contributed by atoms with E-state index in [1.807, 2.05) is 0 Å². The lowest BCUT2D eigenvalue weighted by Gasteiger charge is -2.25. The van der Waals surface area contributed by atoms with Crippen LogP contribution < -0.4 is 5.32 Å². The summed E-state index contributed by atoms with van der Waals surface area (Å²) in [5, 5.41) is 11.3. The van der Waals surface area contributed by atoms with Gasteiger partial charge in [0.1, 0.15) is 5.82 Å². The van der Waals surface area contributed by atoms with Gasteiger partial charge < -0.3 is 10.4 Å². The van der Waals surface area contributed by atoms with Crippen LogP contribution in [0.25, 0.3) is 0 Å². The first-order valence-corrected chi connectivity index (χ1v) is 5.87. The number of carbonyl (C=O) groups is 1. The average Bonchev–Trinajstić information content (AvgIpc) is 2.26. The van der Waals surface area contributed by atoms with Crippen molar-refractivity contribution in [3.05, 3.63) is 35.1 Å². The summed E-state index contributed by atoms with van der Waals surface area (Å²) in [6.07, 6.45) is -4.62. The number of alkyl halides is 3. The second-order valence-corrected chi connectivity index (χ2v) is 5.00. The maximum atomic E-state index is 13.1. The van der Waals surface area contributed by atoms with E-state index in [0.29, 0.717) is 12.1 Å². The van der Waals surface area contributed by atoms with Gasteiger partial charge in [0.05, 0.1) is 5.56 Å². The quantitative estimate of drug-likeness (QED) is 0.839. The van der Waals surface area contributed by atoms with E-state index < -0.39 is 29.0 Å². The topological polar surface area (TPSA) is 49.3 Å². The molecular weight excluding hydrogens is 278 g/mol. The first-order valence-electron chi connectivity index (χ1n) is 5.87. The predicted octanol–water partition coefficient (Wildman–Crippen LogP) is 2.74. The van der Waals surface area contributed by atoms with E-state index in [2.05, 4.69) is 5.32 Å². The molecule has 0 aromatic heterocycles. The Balaban J connectivity index is 3.01. The van der Waals surface area contributed by atoms with Gasteiger partial charge in [0, 0.05) is 17.7 Å². The SMILES string of the molecule is CC(C)(CCO)NC(=O)c1ccc(F)c(C(F)(F)F)c1. The molecule has 1 rings (SSSR count). The third-order valence-corrected chi connectivity index (χ3v) is 2.72. The van der Waals surface area contributed by atoms with Crippen molar-refractivity contribution in [3.63, 3.8) is 0 Å². The zero-order valence-electron chi connectivity index (χ0n) is 11.0. The largest absolute Gasteiger partial charge is 0.419 e. The summed E-state index contributed by atoms with van der Waals surface area (Å²) in [5.41, 5.74) is -2.55. The van der Waals surface area contributed by atoms with Crippen molar-refractivity contribution in [2.75, 3.05) is 6.61 Å². The number of rotatable bonds is 4. The molecule has 0 atom stereocenters. The molecule has 3 nitrogen and oxygen atoms in total. The number of nitrogens with one attached hydrogen (secondary N) is 1. The van der Waals surface area contributed by atoms with E-state index in [1.54, 1.807) is 13.8 Å². The summed E-state index contributed by atoms with van der Waals surface area (Å²) in [7, 11) is 0. The van der Waals surface area contributed by atoms with Crippen molar-refractivity contribution >= 4 is 5.91 Å². The number of carbonyl (C=O) groups excluding carboxylic acids is 1. The molecule has 0 aliphatic carbocycles. The van der Waals surface area contributed by atoms with Gasteiger partial charge in [-0.25, -0.2) is 4.39 Å². The zero-order valence-corrected chi connectivity index (χ0v) is 11.0. The molecule has 0 fully saturated rings. The van der Waals surface area contributed by atoms with E-state index >= 15 is 0 Å². The van der Waals surface area contributed by atoms with Gasteiger partial charge in [-0.3, -0.25) is 4.79 Å². The third-order valence-electron chi connectivity index (χ3n) is 2.72. The van der Waals surface area contributed by atoms with E-state index in [0.717, 1.165) is 6.07 Å². The summed E-state index contributed by atoms with van der Waals surface area (Å²) in [4.78, 5) is 11.8. The van der Waals surface area contributed by atoms with Gasteiger partial charge in [-0.15, -0.1) is 0 Å². The molecule has 0 aliphatic rings. The normalized spacial score (nSPS) is 12.3. The third kappa shape index (κ3) is 4.19. The molecule has 0 heterocycles. The van der Waals surface area contributed by atoms with Crippen molar-refractivity contribution in [1.82, 2.24) is 5.32 Å². The molecule has 0 spiro atoms. The van der Waals surface area contributed by atoms with Crippen LogP contribution in [0.3, 0.4) is 0 Å². The molecular formula is C13H15F4NO2. The van der Waals surface area contributed by atoms with Gasteiger partial charge in [-0.1, -0.05) is 0 Å². The number of aliphatic hydroxyl groups excluding tert-OH is 1. The van der Waals surface area contributed by atoms with E-state index in [1.165, 1.54) is 0 Å². The smallest absolute Gasteiger partial charge is 0.396 e. The minimum absolute atomic E-state index is 0.176. The Hall–Kier alpha value is -1.63. The van der Waals surface area contributed by atoms with Gasteiger partial charge in [-0.05, 0) is 38.5 Å². The monoisotopic (exact) mass is 293 g/mol. The Morgan fingerprint density at radius 3 is 2.40 bits per heavy atom. The van der Waals surface area contributed by atoms with Gasteiger partial charge in [-0.2, -0.15) is 13.2 Å². The van der Waals surface area contributed by atoms with E-state index in [9.17, 15) is 22.4 Å². The molecule has 0 bridgehead atoms. The Labute approximate surface area is 113 Å². The number of hydrogen-bond acceptors (Lipinski definition) is 2. The van der Waals surface area contributed by atoms with Crippen LogP contribution in [0.1, 0.15) is 36.2 Å². The lowest BCUT2D eigenvalue weighted by atomic mass is 10.00. The number of benzene rings is 1. The van der Waals surface area contributed by atoms with E-state index in [4.69, 9.17) is 5.11 Å². The van der Waals surface area contributed by atoms with Crippen LogP contribution in [0.15, 0.2) is 18.2 Å². The Bertz CT molecular complexity index is 498. The van der Waals surface area contributed by atoms with Crippen LogP contribution in [-0.2, 0) is 6.18 Å². The first-order chi connectivity index (χ1) is 9.07. The maximum absolute atomic E-state index is 13.1. The fourth-order valence-corrected chi connectivity index (χ4v) is 1.61. The van der Waals surface area contributed by atoms with Crippen molar-refractivity contribution in [3.8, 4) is 0 Å². The molecule has 1 aromatic carbocycles. The molecule has 0 radical (unpaired) electrons. The molecule has 0 saturated heterocycles. The summed E-state index contributed by atoms with van der Waals surface area (Å²) in [6.45, 7) is 3.06. The number of hydrogen-bond donors (Lipinski definition) is 2. The number of amides is 1. The number of aliphatic hydroxyl groups is 1. The highest BCUT2D eigenvalue weighted by molar-refractivity contribution is 5.94. The highest BCUT2D eigenvalue weighted by atomic mass is 19.4. The van der Waals surface area contributed by atoms with Crippen LogP contribution in [0.2, 0.25) is 0 Å². The summed E-state index contributed by atoms with van der Waals surface area (Å²) < 4.78 is 50.7. The van der Waals surface area contributed by atoms with Gasteiger partial charge in [0.25, 0.3) is 5.91 Å². The Morgan fingerprint density at radius 2 is 1.90 bits per heavy atom. The van der Waals surface area contributed by atoms with Crippen LogP contribution in [0.4, 0.5) is 17.6 Å². The maximum Gasteiger partial charge on any atom is 0.419 e. The van der Waals surface area contributed by atoms with Crippen LogP contribution in [0, 0.1) is 5.82 Å². The second kappa shape index (κ2) is 5.78. The molecule has 112 valence electrons. The standard InChI is InChI=1S/C13H15F4NO2/c1-12(2,5-6-19)18-11(20)8-3-4-10(14)9(7-8)13(15,16)17/h3-4,7,19H,5-6H2,1-2H3,(H,18,20). The lowest BCUT2D eigenvalue weighted by Crippen LogP contribution is -2.44. The Morgan fingerprint density at radius 1 is 1.30 bits per heavy atom. The summed E-state index contributed by atoms with van der Waals surface area (Å²) in [6, 6.07) is 2.06. The average molecular weight is 293 g/mol. The van der Waals surface area contributed by atoms with Crippen molar-refractivity contribution in [1.29, 1.82) is 0 Å². The molecule has 7 heteroatoms. The molecule has 0 saturated carbocycles. The molecule has 0 aliphatic heterocycles. The highest BCUT2D eigenvalue weighted by Gasteiger charge is 2.35. The Kier molecular flexibility index (Phi) is 4.75. The molecule has 1 aromatic rings. The first kappa shape index (κ1) is 16.4. The van der Waals surface area contributed by atoms with Crippen molar-refractivity contribution in [2.24, 2.45) is 0 Å². The predicted molar refractivity (Wildman–Crippen MR) is 64.7 cm³/mol. The molecule has 0 unspecified atom stereocenters. The second-order valence-electron chi connectivity index (χ2n) is 5.00. The van der Waals surface area contributed by atoms with Crippen LogP contribution in [0.5, 0.6) is 0 Å². The fourth-order valence-electron chi connectivity index (χ4n) is 1.61.